The molecule has 112 valence electrons. The second kappa shape index (κ2) is 4.97. The highest BCUT2D eigenvalue weighted by atomic mass is 16.1. The molecule has 0 amide bonds. The molecule has 21 heavy (non-hydrogen) atoms. The van der Waals surface area contributed by atoms with E-state index in [9.17, 15) is 4.79 Å². The van der Waals surface area contributed by atoms with Crippen LogP contribution in [0.5, 0.6) is 0 Å². The summed E-state index contributed by atoms with van der Waals surface area (Å²) in [6.45, 7) is 2.10. The largest absolute Gasteiger partial charge is 0.299 e. The molecule has 4 bridgehead atoms. The predicted octanol–water partition coefficient (Wildman–Crippen LogP) is 4.71. The number of benzene rings is 1. The van der Waals surface area contributed by atoms with E-state index in [1.165, 1.54) is 49.7 Å². The second-order valence-electron chi connectivity index (χ2n) is 8.30. The fourth-order valence-electron chi connectivity index (χ4n) is 6.04. The zero-order chi connectivity index (χ0) is 14.4. The molecule has 1 nitrogen and oxygen atoms in total. The molecular formula is C20H26O. The van der Waals surface area contributed by atoms with E-state index in [1.807, 2.05) is 0 Å². The maximum Gasteiger partial charge on any atom is 0.137 e. The molecule has 0 heterocycles. The van der Waals surface area contributed by atoms with E-state index >= 15 is 0 Å². The van der Waals surface area contributed by atoms with Crippen molar-refractivity contribution < 1.29 is 4.79 Å². The minimum absolute atomic E-state index is 0.398. The van der Waals surface area contributed by atoms with Crippen LogP contribution < -0.4 is 0 Å². The first-order valence-electron chi connectivity index (χ1n) is 8.67. The zero-order valence-electron chi connectivity index (χ0n) is 13.1. The summed E-state index contributed by atoms with van der Waals surface area (Å²) in [4.78, 5) is 12.6. The average molecular weight is 282 g/mol. The molecule has 1 aromatic rings. The summed E-state index contributed by atoms with van der Waals surface area (Å²) in [6.07, 6.45) is 9.92. The molecule has 0 unspecified atom stereocenters. The van der Waals surface area contributed by atoms with Crippen LogP contribution in [0.15, 0.2) is 24.3 Å². The summed E-state index contributed by atoms with van der Waals surface area (Å²) >= 11 is 0. The standard InChI is InChI=1S/C20H26O/c1-14-3-2-4-15(5-14)9-19(21)13-20-10-16-6-17(11-20)8-18(7-16)12-20/h2-5,16-18H,6-13H2,1H3. The molecule has 5 rings (SSSR count). The number of aryl methyl sites for hydroxylation is 1. The lowest BCUT2D eigenvalue weighted by molar-refractivity contribution is -0.126. The maximum atomic E-state index is 12.6. The number of hydrogen-bond donors (Lipinski definition) is 0. The smallest absolute Gasteiger partial charge is 0.137 e. The van der Waals surface area contributed by atoms with Crippen LogP contribution in [-0.2, 0) is 11.2 Å². The van der Waals surface area contributed by atoms with Crippen molar-refractivity contribution in [1.29, 1.82) is 0 Å². The van der Waals surface area contributed by atoms with Crippen LogP contribution >= 0.6 is 0 Å². The van der Waals surface area contributed by atoms with E-state index in [0.717, 1.165) is 24.2 Å². The molecule has 1 aromatic carbocycles. The molecule has 0 atom stereocenters. The van der Waals surface area contributed by atoms with E-state index in [2.05, 4.69) is 31.2 Å². The van der Waals surface area contributed by atoms with Gasteiger partial charge in [0.1, 0.15) is 5.78 Å². The van der Waals surface area contributed by atoms with Gasteiger partial charge in [0.05, 0.1) is 0 Å². The van der Waals surface area contributed by atoms with Gasteiger partial charge in [0.2, 0.25) is 0 Å². The van der Waals surface area contributed by atoms with Crippen molar-refractivity contribution in [2.24, 2.45) is 23.2 Å². The van der Waals surface area contributed by atoms with Gasteiger partial charge in [-0.2, -0.15) is 0 Å². The van der Waals surface area contributed by atoms with Gasteiger partial charge in [0.15, 0.2) is 0 Å². The van der Waals surface area contributed by atoms with Gasteiger partial charge in [0, 0.05) is 12.8 Å². The Hall–Kier alpha value is -1.11. The Labute approximate surface area is 128 Å². The Kier molecular flexibility index (Phi) is 3.20. The number of carbonyl (C=O) groups excluding carboxylic acids is 1. The molecule has 4 aliphatic carbocycles. The van der Waals surface area contributed by atoms with E-state index in [4.69, 9.17) is 0 Å². The van der Waals surface area contributed by atoms with E-state index in [0.29, 0.717) is 17.6 Å². The molecule has 0 saturated heterocycles. The van der Waals surface area contributed by atoms with Crippen LogP contribution in [0.4, 0.5) is 0 Å². The molecule has 4 aliphatic rings. The van der Waals surface area contributed by atoms with Gasteiger partial charge in [-0.05, 0) is 74.2 Å². The van der Waals surface area contributed by atoms with Gasteiger partial charge >= 0.3 is 0 Å². The number of hydrogen-bond acceptors (Lipinski definition) is 1. The molecule has 0 N–H and O–H groups in total. The summed E-state index contributed by atoms with van der Waals surface area (Å²) in [5, 5.41) is 0. The van der Waals surface area contributed by atoms with Crippen LogP contribution in [-0.4, -0.2) is 5.78 Å². The zero-order valence-corrected chi connectivity index (χ0v) is 13.1. The third-order valence-corrected chi connectivity index (χ3v) is 6.22. The van der Waals surface area contributed by atoms with Crippen molar-refractivity contribution >= 4 is 5.78 Å². The molecule has 1 heteroatoms. The molecule has 0 aromatic heterocycles. The SMILES string of the molecule is Cc1cccc(CC(=O)CC23CC4CC(CC(C4)C2)C3)c1. The van der Waals surface area contributed by atoms with Gasteiger partial charge in [-0.25, -0.2) is 0 Å². The van der Waals surface area contributed by atoms with E-state index < -0.39 is 0 Å². The first kappa shape index (κ1) is 13.5. The molecule has 0 spiro atoms. The lowest BCUT2D eigenvalue weighted by Gasteiger charge is -2.56. The first-order chi connectivity index (χ1) is 10.1. The summed E-state index contributed by atoms with van der Waals surface area (Å²) < 4.78 is 0. The highest BCUT2D eigenvalue weighted by Crippen LogP contribution is 2.61. The normalized spacial score (nSPS) is 36.9. The van der Waals surface area contributed by atoms with Crippen molar-refractivity contribution in [2.45, 2.75) is 58.3 Å². The van der Waals surface area contributed by atoms with Gasteiger partial charge in [-0.3, -0.25) is 4.79 Å². The first-order valence-corrected chi connectivity index (χ1v) is 8.67. The Morgan fingerprint density at radius 2 is 1.71 bits per heavy atom. The molecular weight excluding hydrogens is 256 g/mol. The van der Waals surface area contributed by atoms with Crippen molar-refractivity contribution in [3.05, 3.63) is 35.4 Å². The van der Waals surface area contributed by atoms with Crippen LogP contribution in [0, 0.1) is 30.1 Å². The fourth-order valence-corrected chi connectivity index (χ4v) is 6.04. The summed E-state index contributed by atoms with van der Waals surface area (Å²) in [6, 6.07) is 8.44. The Morgan fingerprint density at radius 3 is 2.29 bits per heavy atom. The molecule has 0 aliphatic heterocycles. The van der Waals surface area contributed by atoms with E-state index in [1.54, 1.807) is 0 Å². The van der Waals surface area contributed by atoms with Gasteiger partial charge in [-0.15, -0.1) is 0 Å². The quantitative estimate of drug-likeness (QED) is 0.781. The van der Waals surface area contributed by atoms with Gasteiger partial charge < -0.3 is 0 Å². The topological polar surface area (TPSA) is 17.1 Å². The Bertz CT molecular complexity index is 521. The Morgan fingerprint density at radius 1 is 1.10 bits per heavy atom. The number of Topliss-reactive ketones (excluding diaryl/α,β-unsaturated/α-hetero) is 1. The number of carbonyl (C=O) groups is 1. The minimum Gasteiger partial charge on any atom is -0.299 e. The maximum absolute atomic E-state index is 12.6. The highest BCUT2D eigenvalue weighted by molar-refractivity contribution is 5.81. The monoisotopic (exact) mass is 282 g/mol. The van der Waals surface area contributed by atoms with Crippen LogP contribution in [0.2, 0.25) is 0 Å². The molecule has 0 radical (unpaired) electrons. The molecule has 4 fully saturated rings. The van der Waals surface area contributed by atoms with E-state index in [-0.39, 0.29) is 0 Å². The van der Waals surface area contributed by atoms with Crippen LogP contribution in [0.3, 0.4) is 0 Å². The highest BCUT2D eigenvalue weighted by Gasteiger charge is 2.51. The summed E-state index contributed by atoms with van der Waals surface area (Å²) in [7, 11) is 0. The van der Waals surface area contributed by atoms with Crippen molar-refractivity contribution in [2.75, 3.05) is 0 Å². The lowest BCUT2D eigenvalue weighted by atomic mass is 9.48. The third kappa shape index (κ3) is 2.67. The minimum atomic E-state index is 0.398. The number of ketones is 1. The lowest BCUT2D eigenvalue weighted by Crippen LogP contribution is -2.47. The summed E-state index contributed by atoms with van der Waals surface area (Å²) in [5.74, 6) is 3.32. The molecule has 4 saturated carbocycles. The van der Waals surface area contributed by atoms with Crippen LogP contribution in [0.25, 0.3) is 0 Å². The van der Waals surface area contributed by atoms with Crippen LogP contribution in [0.1, 0.15) is 56.1 Å². The number of rotatable bonds is 4. The summed E-state index contributed by atoms with van der Waals surface area (Å²) in [5.41, 5.74) is 2.86. The fraction of sp³-hybridized carbons (Fsp3) is 0.650. The predicted molar refractivity (Wildman–Crippen MR) is 85.1 cm³/mol. The van der Waals surface area contributed by atoms with Crippen molar-refractivity contribution in [1.82, 2.24) is 0 Å². The van der Waals surface area contributed by atoms with Crippen molar-refractivity contribution in [3.63, 3.8) is 0 Å². The van der Waals surface area contributed by atoms with Gasteiger partial charge in [-0.1, -0.05) is 29.8 Å². The second-order valence-corrected chi connectivity index (χ2v) is 8.30. The van der Waals surface area contributed by atoms with Crippen molar-refractivity contribution in [3.8, 4) is 0 Å². The van der Waals surface area contributed by atoms with Gasteiger partial charge in [0.25, 0.3) is 0 Å². The Balaban J connectivity index is 1.45. The average Bonchev–Trinajstić information content (AvgIpc) is 2.35. The third-order valence-electron chi connectivity index (χ3n) is 6.22.